The normalized spacial score (nSPS) is 24.3. The van der Waals surface area contributed by atoms with Crippen LogP contribution in [0.1, 0.15) is 30.7 Å². The zero-order valence-corrected chi connectivity index (χ0v) is 18.7. The molecule has 1 saturated heterocycles. The SMILES string of the molecule is CCOC(=O)C1=C(COC(=O)CN2C(=O)C3CC=CCC3C2=O)NC(=O)NC1c1cccs1. The summed E-state index contributed by atoms with van der Waals surface area (Å²) in [5, 5.41) is 7.00. The van der Waals surface area contributed by atoms with Gasteiger partial charge in [0.25, 0.3) is 0 Å². The zero-order chi connectivity index (χ0) is 23.5. The van der Waals surface area contributed by atoms with E-state index in [1.54, 1.807) is 19.1 Å². The third-order valence-electron chi connectivity index (χ3n) is 5.74. The first-order valence-electron chi connectivity index (χ1n) is 10.6. The summed E-state index contributed by atoms with van der Waals surface area (Å²) in [5.41, 5.74) is 0.206. The molecule has 3 unspecified atom stereocenters. The van der Waals surface area contributed by atoms with Gasteiger partial charge in [-0.2, -0.15) is 0 Å². The van der Waals surface area contributed by atoms with Crippen molar-refractivity contribution in [3.05, 3.63) is 45.8 Å². The minimum atomic E-state index is -0.820. The Morgan fingerprint density at radius 1 is 1.12 bits per heavy atom. The van der Waals surface area contributed by atoms with Crippen molar-refractivity contribution in [2.75, 3.05) is 19.8 Å². The number of allylic oxidation sites excluding steroid dienone is 2. The Hall–Kier alpha value is -3.47. The lowest BCUT2D eigenvalue weighted by atomic mass is 9.85. The summed E-state index contributed by atoms with van der Waals surface area (Å²) in [6, 6.07) is 2.23. The van der Waals surface area contributed by atoms with E-state index in [9.17, 15) is 24.0 Å². The first-order valence-corrected chi connectivity index (χ1v) is 11.5. The molecule has 10 nitrogen and oxygen atoms in total. The topological polar surface area (TPSA) is 131 Å². The van der Waals surface area contributed by atoms with Crippen molar-refractivity contribution in [1.82, 2.24) is 15.5 Å². The van der Waals surface area contributed by atoms with Gasteiger partial charge in [0.15, 0.2) is 0 Å². The van der Waals surface area contributed by atoms with Crippen molar-refractivity contribution in [2.45, 2.75) is 25.8 Å². The van der Waals surface area contributed by atoms with E-state index in [0.717, 1.165) is 4.90 Å². The van der Waals surface area contributed by atoms with E-state index in [1.165, 1.54) is 11.3 Å². The summed E-state index contributed by atoms with van der Waals surface area (Å²) in [7, 11) is 0. The predicted octanol–water partition coefficient (Wildman–Crippen LogP) is 1.41. The number of thiophene rings is 1. The van der Waals surface area contributed by atoms with E-state index in [4.69, 9.17) is 9.47 Å². The fourth-order valence-electron chi connectivity index (χ4n) is 4.20. The maximum absolute atomic E-state index is 12.7. The van der Waals surface area contributed by atoms with Gasteiger partial charge in [0.05, 0.1) is 35.8 Å². The summed E-state index contributed by atoms with van der Waals surface area (Å²) in [6.45, 7) is 0.835. The predicted molar refractivity (Wildman–Crippen MR) is 115 cm³/mol. The zero-order valence-electron chi connectivity index (χ0n) is 17.9. The van der Waals surface area contributed by atoms with Crippen LogP contribution in [0.15, 0.2) is 40.9 Å². The van der Waals surface area contributed by atoms with Crippen LogP contribution in [0.2, 0.25) is 0 Å². The summed E-state index contributed by atoms with van der Waals surface area (Å²) < 4.78 is 10.4. The third kappa shape index (κ3) is 4.54. The van der Waals surface area contributed by atoms with Crippen LogP contribution in [0.3, 0.4) is 0 Å². The molecule has 0 aromatic carbocycles. The van der Waals surface area contributed by atoms with E-state index in [1.807, 2.05) is 17.5 Å². The Morgan fingerprint density at radius 3 is 2.42 bits per heavy atom. The van der Waals surface area contributed by atoms with Crippen LogP contribution in [0.25, 0.3) is 0 Å². The molecule has 0 bridgehead atoms. The summed E-state index contributed by atoms with van der Waals surface area (Å²) in [6.07, 6.45) is 4.67. The van der Waals surface area contributed by atoms with Crippen molar-refractivity contribution >= 4 is 41.1 Å². The monoisotopic (exact) mass is 473 g/mol. The number of hydrogen-bond acceptors (Lipinski definition) is 8. The van der Waals surface area contributed by atoms with Crippen molar-refractivity contribution < 1.29 is 33.4 Å². The fraction of sp³-hybridized carbons (Fsp3) is 0.409. The van der Waals surface area contributed by atoms with Crippen LogP contribution in [-0.2, 0) is 28.7 Å². The number of amides is 4. The lowest BCUT2D eigenvalue weighted by Gasteiger charge is -2.28. The highest BCUT2D eigenvalue weighted by Gasteiger charge is 2.48. The molecule has 4 rings (SSSR count). The summed E-state index contributed by atoms with van der Waals surface area (Å²) >= 11 is 1.35. The molecule has 0 spiro atoms. The minimum Gasteiger partial charge on any atom is -0.463 e. The summed E-state index contributed by atoms with van der Waals surface area (Å²) in [5.74, 6) is -3.13. The number of rotatable bonds is 7. The first-order chi connectivity index (χ1) is 15.9. The molecule has 33 heavy (non-hydrogen) atoms. The molecule has 2 aliphatic heterocycles. The number of nitrogens with zero attached hydrogens (tertiary/aromatic N) is 1. The molecule has 2 N–H and O–H groups in total. The van der Waals surface area contributed by atoms with E-state index in [0.29, 0.717) is 17.7 Å². The third-order valence-corrected chi connectivity index (χ3v) is 6.68. The largest absolute Gasteiger partial charge is 0.463 e. The lowest BCUT2D eigenvalue weighted by Crippen LogP contribution is -2.47. The molecule has 1 aromatic heterocycles. The Morgan fingerprint density at radius 2 is 1.82 bits per heavy atom. The van der Waals surface area contributed by atoms with Crippen LogP contribution >= 0.6 is 11.3 Å². The van der Waals surface area contributed by atoms with Crippen LogP contribution in [0.5, 0.6) is 0 Å². The highest BCUT2D eigenvalue weighted by Crippen LogP contribution is 2.35. The maximum Gasteiger partial charge on any atom is 0.338 e. The van der Waals surface area contributed by atoms with Gasteiger partial charge >= 0.3 is 18.0 Å². The van der Waals surface area contributed by atoms with Gasteiger partial charge in [0.2, 0.25) is 11.8 Å². The Kier molecular flexibility index (Phi) is 6.59. The molecule has 4 amide bonds. The van der Waals surface area contributed by atoms with Gasteiger partial charge in [-0.15, -0.1) is 11.3 Å². The van der Waals surface area contributed by atoms with E-state index >= 15 is 0 Å². The van der Waals surface area contributed by atoms with Gasteiger partial charge in [-0.3, -0.25) is 19.3 Å². The number of esters is 2. The van der Waals surface area contributed by atoms with Gasteiger partial charge in [0.1, 0.15) is 13.2 Å². The van der Waals surface area contributed by atoms with Gasteiger partial charge in [-0.05, 0) is 31.2 Å². The fourth-order valence-corrected chi connectivity index (χ4v) is 4.99. The average Bonchev–Trinajstić information content (AvgIpc) is 3.41. The quantitative estimate of drug-likeness (QED) is 0.348. The molecule has 3 aliphatic rings. The molecule has 3 atom stereocenters. The van der Waals surface area contributed by atoms with Crippen LogP contribution < -0.4 is 10.6 Å². The lowest BCUT2D eigenvalue weighted by molar-refractivity contribution is -0.152. The molecular weight excluding hydrogens is 450 g/mol. The van der Waals surface area contributed by atoms with Crippen LogP contribution in [-0.4, -0.2) is 54.4 Å². The van der Waals surface area contributed by atoms with Crippen molar-refractivity contribution in [3.63, 3.8) is 0 Å². The standard InChI is InChI=1S/C22H23N3O7S/c1-2-31-21(29)17-14(23-22(30)24-18(17)15-8-5-9-33-15)11-32-16(26)10-25-19(27)12-6-3-4-7-13(12)20(25)28/h3-5,8-9,12-13,18H,2,6-7,10-11H2,1H3,(H2,23,24,30). The van der Waals surface area contributed by atoms with Gasteiger partial charge < -0.3 is 20.1 Å². The second-order valence-corrected chi connectivity index (χ2v) is 8.72. The molecule has 1 fully saturated rings. The molecule has 0 saturated carbocycles. The smallest absolute Gasteiger partial charge is 0.338 e. The molecule has 11 heteroatoms. The Balaban J connectivity index is 1.49. The Labute approximate surface area is 193 Å². The van der Waals surface area contributed by atoms with E-state index in [-0.39, 0.29) is 29.7 Å². The van der Waals surface area contributed by atoms with E-state index < -0.39 is 49.0 Å². The molecule has 174 valence electrons. The number of imide groups is 1. The van der Waals surface area contributed by atoms with Gasteiger partial charge in [-0.1, -0.05) is 18.2 Å². The van der Waals surface area contributed by atoms with Gasteiger partial charge in [-0.25, -0.2) is 9.59 Å². The number of carbonyl (C=O) groups is 5. The molecular formula is C22H23N3O7S. The number of fused-ring (bicyclic) bond motifs is 1. The number of carbonyl (C=O) groups excluding carboxylic acids is 5. The second-order valence-electron chi connectivity index (χ2n) is 7.74. The number of urea groups is 1. The number of likely N-dealkylation sites (tertiary alicyclic amines) is 1. The highest BCUT2D eigenvalue weighted by atomic mass is 32.1. The van der Waals surface area contributed by atoms with Crippen LogP contribution in [0, 0.1) is 11.8 Å². The average molecular weight is 474 g/mol. The van der Waals surface area contributed by atoms with E-state index in [2.05, 4.69) is 10.6 Å². The minimum absolute atomic E-state index is 0.0842. The number of nitrogens with one attached hydrogen (secondary N) is 2. The molecule has 3 heterocycles. The van der Waals surface area contributed by atoms with Gasteiger partial charge in [0, 0.05) is 4.88 Å². The molecule has 1 aromatic rings. The second kappa shape index (κ2) is 9.57. The van der Waals surface area contributed by atoms with Crippen LogP contribution in [0.4, 0.5) is 4.79 Å². The summed E-state index contributed by atoms with van der Waals surface area (Å²) in [4.78, 5) is 64.1. The van der Waals surface area contributed by atoms with Crippen molar-refractivity contribution in [3.8, 4) is 0 Å². The van der Waals surface area contributed by atoms with Crippen molar-refractivity contribution in [2.24, 2.45) is 11.8 Å². The Bertz CT molecular complexity index is 1020. The first kappa shape index (κ1) is 22.7. The molecule has 0 radical (unpaired) electrons. The maximum atomic E-state index is 12.7. The molecule has 1 aliphatic carbocycles. The number of hydrogen-bond donors (Lipinski definition) is 2. The number of ether oxygens (including phenoxy) is 2. The highest BCUT2D eigenvalue weighted by molar-refractivity contribution is 7.10. The van der Waals surface area contributed by atoms with Crippen molar-refractivity contribution in [1.29, 1.82) is 0 Å².